The summed E-state index contributed by atoms with van der Waals surface area (Å²) in [5.74, 6) is 2.61. The Morgan fingerprint density at radius 2 is 1.57 bits per heavy atom. The number of urea groups is 1. The monoisotopic (exact) mass is 511 g/mol. The van der Waals surface area contributed by atoms with Crippen LogP contribution in [0.1, 0.15) is 54.8 Å². The highest BCUT2D eigenvalue weighted by molar-refractivity contribution is 5.76. The highest BCUT2D eigenvalue weighted by atomic mass is 16.5. The number of nitrogens with one attached hydrogen (secondary N) is 1. The number of likely N-dealkylation sites (N-methyl/N-ethyl adjacent to an activating group) is 1. The fraction of sp³-hybridized carbons (Fsp3) is 0.552. The summed E-state index contributed by atoms with van der Waals surface area (Å²) in [5.41, 5.74) is 3.10. The number of benzene rings is 2. The second-order valence-corrected chi connectivity index (χ2v) is 9.87. The molecular weight excluding hydrogens is 470 g/mol. The van der Waals surface area contributed by atoms with Crippen LogP contribution in [0.15, 0.2) is 30.3 Å². The summed E-state index contributed by atoms with van der Waals surface area (Å²) in [7, 11) is 8.69. The Morgan fingerprint density at radius 3 is 2.24 bits per heavy atom. The van der Waals surface area contributed by atoms with Crippen LogP contribution in [0.25, 0.3) is 0 Å². The number of nitrogens with zero attached hydrogens (tertiary/aromatic N) is 2. The molecule has 1 saturated carbocycles. The Kier molecular flexibility index (Phi) is 9.03. The van der Waals surface area contributed by atoms with E-state index in [0.29, 0.717) is 42.1 Å². The van der Waals surface area contributed by atoms with Crippen molar-refractivity contribution in [3.8, 4) is 23.0 Å². The summed E-state index contributed by atoms with van der Waals surface area (Å²) in [6.07, 6.45) is 7.17. The number of hydrogen-bond donors (Lipinski definition) is 1. The van der Waals surface area contributed by atoms with Crippen LogP contribution in [-0.4, -0.2) is 77.0 Å². The zero-order chi connectivity index (χ0) is 26.4. The third-order valence-electron chi connectivity index (χ3n) is 7.80. The van der Waals surface area contributed by atoms with Gasteiger partial charge in [-0.05, 0) is 67.3 Å². The summed E-state index contributed by atoms with van der Waals surface area (Å²) >= 11 is 0. The minimum atomic E-state index is -0.306. The summed E-state index contributed by atoms with van der Waals surface area (Å²) in [4.78, 5) is 17.9. The van der Waals surface area contributed by atoms with E-state index in [0.717, 1.165) is 29.7 Å². The van der Waals surface area contributed by atoms with Gasteiger partial charge >= 0.3 is 6.03 Å². The molecule has 0 spiro atoms. The predicted octanol–water partition coefficient (Wildman–Crippen LogP) is 4.64. The average molecular weight is 512 g/mol. The van der Waals surface area contributed by atoms with Crippen molar-refractivity contribution >= 4 is 6.03 Å². The van der Waals surface area contributed by atoms with E-state index < -0.39 is 0 Å². The van der Waals surface area contributed by atoms with Gasteiger partial charge in [0.2, 0.25) is 0 Å². The lowest BCUT2D eigenvalue weighted by Crippen LogP contribution is -2.48. The predicted molar refractivity (Wildman–Crippen MR) is 144 cm³/mol. The first-order valence-corrected chi connectivity index (χ1v) is 13.2. The van der Waals surface area contributed by atoms with Crippen molar-refractivity contribution in [3.05, 3.63) is 47.0 Å². The van der Waals surface area contributed by atoms with Crippen LogP contribution in [0.4, 0.5) is 4.79 Å². The van der Waals surface area contributed by atoms with Gasteiger partial charge in [-0.2, -0.15) is 0 Å². The fourth-order valence-corrected chi connectivity index (χ4v) is 5.69. The van der Waals surface area contributed by atoms with Crippen LogP contribution >= 0.6 is 0 Å². The lowest BCUT2D eigenvalue weighted by molar-refractivity contribution is 0.170. The van der Waals surface area contributed by atoms with E-state index in [2.05, 4.69) is 17.3 Å². The zero-order valence-electron chi connectivity index (χ0n) is 22.8. The first kappa shape index (κ1) is 26.9. The van der Waals surface area contributed by atoms with Gasteiger partial charge < -0.3 is 34.1 Å². The highest BCUT2D eigenvalue weighted by Gasteiger charge is 2.34. The molecule has 2 aromatic rings. The molecule has 8 nitrogen and oxygen atoms in total. The van der Waals surface area contributed by atoms with Crippen molar-refractivity contribution in [2.75, 3.05) is 55.1 Å². The summed E-state index contributed by atoms with van der Waals surface area (Å²) in [6.45, 7) is 2.04. The molecule has 1 N–H and O–H groups in total. The number of ether oxygens (including phenoxy) is 4. The van der Waals surface area contributed by atoms with Crippen molar-refractivity contribution in [1.29, 1.82) is 0 Å². The van der Waals surface area contributed by atoms with E-state index in [1.54, 1.807) is 28.4 Å². The molecule has 0 saturated heterocycles. The number of carbonyl (C=O) groups excluding carboxylic acids is 1. The van der Waals surface area contributed by atoms with Gasteiger partial charge in [0.25, 0.3) is 0 Å². The average Bonchev–Trinajstić information content (AvgIpc) is 2.95. The molecule has 2 amide bonds. The number of rotatable bonds is 9. The van der Waals surface area contributed by atoms with Crippen LogP contribution in [0.3, 0.4) is 0 Å². The molecule has 1 aliphatic heterocycles. The number of amides is 2. The molecule has 0 aromatic heterocycles. The number of hydrogen-bond acceptors (Lipinski definition) is 6. The molecule has 37 heavy (non-hydrogen) atoms. The van der Waals surface area contributed by atoms with Gasteiger partial charge in [-0.15, -0.1) is 0 Å². The Hall–Kier alpha value is -3.13. The summed E-state index contributed by atoms with van der Waals surface area (Å²) < 4.78 is 22.2. The highest BCUT2D eigenvalue weighted by Crippen LogP contribution is 2.42. The van der Waals surface area contributed by atoms with E-state index in [1.165, 1.54) is 32.1 Å². The van der Waals surface area contributed by atoms with Gasteiger partial charge in [0.05, 0.1) is 34.5 Å². The second-order valence-electron chi connectivity index (χ2n) is 9.87. The summed E-state index contributed by atoms with van der Waals surface area (Å²) in [5, 5.41) is 3.19. The molecule has 0 bridgehead atoms. The van der Waals surface area contributed by atoms with E-state index in [4.69, 9.17) is 18.9 Å². The van der Waals surface area contributed by atoms with Gasteiger partial charge in [0.15, 0.2) is 23.0 Å². The molecule has 1 fully saturated rings. The number of carbonyl (C=O) groups is 1. The lowest BCUT2D eigenvalue weighted by atomic mass is 9.87. The lowest BCUT2D eigenvalue weighted by Gasteiger charge is -2.38. The Balaban J connectivity index is 1.60. The number of fused-ring (bicyclic) bond motifs is 1. The van der Waals surface area contributed by atoms with Gasteiger partial charge in [0, 0.05) is 25.7 Å². The Morgan fingerprint density at radius 1 is 0.919 bits per heavy atom. The van der Waals surface area contributed by atoms with E-state index in [-0.39, 0.29) is 12.1 Å². The maximum absolute atomic E-state index is 13.6. The minimum absolute atomic E-state index is 0.0720. The molecule has 1 unspecified atom stereocenters. The normalized spacial score (nSPS) is 17.8. The molecule has 1 atom stereocenters. The SMILES string of the molecule is COc1ccc(C2c3cc(OC)c(OC)cc3CCN2C(=O)NCCN(C)C2CCCCC2)cc1OC. The van der Waals surface area contributed by atoms with Crippen LogP contribution in [0.5, 0.6) is 23.0 Å². The first-order valence-electron chi connectivity index (χ1n) is 13.2. The molecule has 0 radical (unpaired) electrons. The molecule has 1 heterocycles. The Labute approximate surface area is 220 Å². The molecule has 2 aliphatic rings. The van der Waals surface area contributed by atoms with Crippen molar-refractivity contribution in [3.63, 3.8) is 0 Å². The van der Waals surface area contributed by atoms with E-state index >= 15 is 0 Å². The van der Waals surface area contributed by atoms with Crippen molar-refractivity contribution in [1.82, 2.24) is 15.1 Å². The van der Waals surface area contributed by atoms with Gasteiger partial charge in [0.1, 0.15) is 0 Å². The molecular formula is C29H41N3O5. The van der Waals surface area contributed by atoms with Crippen molar-refractivity contribution < 1.29 is 23.7 Å². The molecule has 8 heteroatoms. The van der Waals surface area contributed by atoms with Crippen LogP contribution in [-0.2, 0) is 6.42 Å². The largest absolute Gasteiger partial charge is 0.493 e. The van der Waals surface area contributed by atoms with Crippen LogP contribution in [0, 0.1) is 0 Å². The standard InChI is InChI=1S/C29H41N3O5/c1-31(22-9-7-6-8-10-22)16-14-30-29(33)32-15-13-20-17-26(36-4)27(37-5)19-23(20)28(32)21-11-12-24(34-2)25(18-21)35-3/h11-12,17-19,22,28H,6-10,13-16H2,1-5H3,(H,30,33). The second kappa shape index (κ2) is 12.4. The third kappa shape index (κ3) is 5.90. The first-order chi connectivity index (χ1) is 18.0. The maximum atomic E-state index is 13.6. The fourth-order valence-electron chi connectivity index (χ4n) is 5.69. The molecule has 2 aromatic carbocycles. The molecule has 202 valence electrons. The van der Waals surface area contributed by atoms with Gasteiger partial charge in [-0.3, -0.25) is 0 Å². The van der Waals surface area contributed by atoms with Gasteiger partial charge in [-0.1, -0.05) is 25.3 Å². The zero-order valence-corrected chi connectivity index (χ0v) is 22.8. The van der Waals surface area contributed by atoms with E-state index in [1.807, 2.05) is 35.2 Å². The molecule has 4 rings (SSSR count). The van der Waals surface area contributed by atoms with Crippen LogP contribution < -0.4 is 24.3 Å². The van der Waals surface area contributed by atoms with E-state index in [9.17, 15) is 4.79 Å². The smallest absolute Gasteiger partial charge is 0.318 e. The van der Waals surface area contributed by atoms with Gasteiger partial charge in [-0.25, -0.2) is 4.79 Å². The maximum Gasteiger partial charge on any atom is 0.318 e. The number of methoxy groups -OCH3 is 4. The van der Waals surface area contributed by atoms with Crippen molar-refractivity contribution in [2.45, 2.75) is 50.6 Å². The summed E-state index contributed by atoms with van der Waals surface area (Å²) in [6, 6.07) is 10.1. The molecule has 1 aliphatic carbocycles. The third-order valence-corrected chi connectivity index (χ3v) is 7.80. The van der Waals surface area contributed by atoms with Crippen molar-refractivity contribution in [2.24, 2.45) is 0 Å². The Bertz CT molecular complexity index is 1070. The minimum Gasteiger partial charge on any atom is -0.493 e. The quantitative estimate of drug-likeness (QED) is 0.529. The van der Waals surface area contributed by atoms with Crippen LogP contribution in [0.2, 0.25) is 0 Å². The topological polar surface area (TPSA) is 72.5 Å².